The van der Waals surface area contributed by atoms with E-state index in [0.717, 1.165) is 17.2 Å². The molecule has 2 rings (SSSR count). The summed E-state index contributed by atoms with van der Waals surface area (Å²) < 4.78 is 9.84. The quantitative estimate of drug-likeness (QED) is 0.383. The second-order valence-corrected chi connectivity index (χ2v) is 6.33. The lowest BCUT2D eigenvalue weighted by molar-refractivity contribution is -0.384. The largest absolute Gasteiger partial charge is 0.494 e. The van der Waals surface area contributed by atoms with E-state index in [1.807, 2.05) is 13.8 Å². The zero-order valence-electron chi connectivity index (χ0n) is 16.7. The van der Waals surface area contributed by atoms with Crippen LogP contribution in [0.4, 0.5) is 11.4 Å². The number of ether oxygens (including phenoxy) is 2. The van der Waals surface area contributed by atoms with Crippen molar-refractivity contribution in [1.82, 2.24) is 5.32 Å². The Morgan fingerprint density at radius 3 is 2.43 bits per heavy atom. The highest BCUT2D eigenvalue weighted by atomic mass is 16.6. The van der Waals surface area contributed by atoms with E-state index in [0.29, 0.717) is 5.56 Å². The molecule has 0 saturated carbocycles. The molecule has 158 valence electrons. The lowest BCUT2D eigenvalue weighted by Gasteiger charge is -2.11. The predicted octanol–water partition coefficient (Wildman–Crippen LogP) is 2.13. The molecule has 2 aromatic carbocycles. The normalized spacial score (nSPS) is 10.1. The van der Waals surface area contributed by atoms with Gasteiger partial charge in [-0.2, -0.15) is 0 Å². The number of methoxy groups -OCH3 is 1. The fraction of sp³-hybridized carbons (Fsp3) is 0.250. The van der Waals surface area contributed by atoms with Crippen LogP contribution >= 0.6 is 0 Å². The number of nitro groups is 1. The Morgan fingerprint density at radius 1 is 1.07 bits per heavy atom. The molecule has 0 radical (unpaired) electrons. The van der Waals surface area contributed by atoms with Gasteiger partial charge in [0.15, 0.2) is 6.61 Å². The number of nitrogens with zero attached hydrogens (tertiary/aromatic N) is 1. The Morgan fingerprint density at radius 2 is 1.80 bits per heavy atom. The number of nitrogens with one attached hydrogen (secondary N) is 2. The Balaban J connectivity index is 1.83. The summed E-state index contributed by atoms with van der Waals surface area (Å²) in [6.45, 7) is 2.79. The number of hydrogen-bond acceptors (Lipinski definition) is 7. The smallest absolute Gasteiger partial charge is 0.325 e. The van der Waals surface area contributed by atoms with E-state index in [4.69, 9.17) is 9.47 Å². The number of anilines is 1. The molecule has 10 heteroatoms. The van der Waals surface area contributed by atoms with Crippen LogP contribution in [0.1, 0.15) is 21.5 Å². The second kappa shape index (κ2) is 10.0. The number of aryl methyl sites for hydroxylation is 2. The van der Waals surface area contributed by atoms with Crippen LogP contribution in [0.2, 0.25) is 0 Å². The summed E-state index contributed by atoms with van der Waals surface area (Å²) >= 11 is 0. The van der Waals surface area contributed by atoms with Gasteiger partial charge in [-0.25, -0.2) is 0 Å². The third-order valence-corrected chi connectivity index (χ3v) is 4.20. The summed E-state index contributed by atoms with van der Waals surface area (Å²) in [4.78, 5) is 46.0. The Hall–Kier alpha value is -3.95. The average Bonchev–Trinajstić information content (AvgIpc) is 2.72. The summed E-state index contributed by atoms with van der Waals surface area (Å²) in [5, 5.41) is 15.6. The number of esters is 1. The van der Waals surface area contributed by atoms with Gasteiger partial charge in [0, 0.05) is 11.6 Å². The second-order valence-electron chi connectivity index (χ2n) is 6.33. The van der Waals surface area contributed by atoms with E-state index in [9.17, 15) is 24.5 Å². The molecule has 10 nitrogen and oxygen atoms in total. The number of non-ortho nitro benzene ring substituents is 1. The number of hydrogen-bond donors (Lipinski definition) is 2. The van der Waals surface area contributed by atoms with Gasteiger partial charge in [-0.15, -0.1) is 0 Å². The van der Waals surface area contributed by atoms with E-state index < -0.39 is 35.9 Å². The molecule has 30 heavy (non-hydrogen) atoms. The highest BCUT2D eigenvalue weighted by molar-refractivity contribution is 5.97. The lowest BCUT2D eigenvalue weighted by atomic mass is 10.1. The monoisotopic (exact) mass is 415 g/mol. The van der Waals surface area contributed by atoms with E-state index in [-0.39, 0.29) is 17.1 Å². The topological polar surface area (TPSA) is 137 Å². The van der Waals surface area contributed by atoms with E-state index in [2.05, 4.69) is 10.6 Å². The molecule has 0 atom stereocenters. The minimum absolute atomic E-state index is 0.0875. The molecule has 0 fully saturated rings. The van der Waals surface area contributed by atoms with Gasteiger partial charge in [-0.3, -0.25) is 24.5 Å². The van der Waals surface area contributed by atoms with Crippen molar-refractivity contribution in [3.05, 3.63) is 63.2 Å². The zero-order valence-corrected chi connectivity index (χ0v) is 16.7. The molecule has 0 bridgehead atoms. The van der Waals surface area contributed by atoms with Crippen molar-refractivity contribution in [2.75, 3.05) is 25.6 Å². The molecule has 0 spiro atoms. The zero-order chi connectivity index (χ0) is 22.3. The van der Waals surface area contributed by atoms with Crippen molar-refractivity contribution >= 4 is 29.2 Å². The summed E-state index contributed by atoms with van der Waals surface area (Å²) in [6, 6.07) is 8.82. The van der Waals surface area contributed by atoms with E-state index >= 15 is 0 Å². The van der Waals surface area contributed by atoms with Gasteiger partial charge in [0.1, 0.15) is 12.3 Å². The maximum Gasteiger partial charge on any atom is 0.325 e. The van der Waals surface area contributed by atoms with Gasteiger partial charge in [0.25, 0.3) is 17.5 Å². The van der Waals surface area contributed by atoms with Gasteiger partial charge < -0.3 is 20.1 Å². The first-order chi connectivity index (χ1) is 14.2. The standard InChI is InChI=1S/C20H21N3O7/c1-12-4-5-14(8-13(12)2)20(26)21-10-19(25)30-11-18(24)22-16-7-6-15(23(27)28)9-17(16)29-3/h4-9H,10-11H2,1-3H3,(H,21,26)(H,22,24). The van der Waals surface area contributed by atoms with Crippen LogP contribution in [0.15, 0.2) is 36.4 Å². The van der Waals surface area contributed by atoms with Gasteiger partial charge >= 0.3 is 5.97 Å². The van der Waals surface area contributed by atoms with Crippen LogP contribution in [-0.2, 0) is 14.3 Å². The van der Waals surface area contributed by atoms with Crippen LogP contribution < -0.4 is 15.4 Å². The molecule has 0 heterocycles. The van der Waals surface area contributed by atoms with Gasteiger partial charge in [-0.05, 0) is 43.2 Å². The molecule has 0 aliphatic rings. The SMILES string of the molecule is COc1cc([N+](=O)[O-])ccc1NC(=O)COC(=O)CNC(=O)c1ccc(C)c(C)c1. The van der Waals surface area contributed by atoms with Gasteiger partial charge in [0.2, 0.25) is 0 Å². The predicted molar refractivity (Wildman–Crippen MR) is 107 cm³/mol. The maximum absolute atomic E-state index is 12.1. The summed E-state index contributed by atoms with van der Waals surface area (Å²) in [5.41, 5.74) is 2.39. The van der Waals surface area contributed by atoms with E-state index in [1.165, 1.54) is 19.2 Å². The lowest BCUT2D eigenvalue weighted by Crippen LogP contribution is -2.32. The molecule has 2 N–H and O–H groups in total. The minimum atomic E-state index is -0.794. The molecule has 0 unspecified atom stereocenters. The fourth-order valence-electron chi connectivity index (χ4n) is 2.42. The van der Waals surface area contributed by atoms with Crippen LogP contribution in [0, 0.1) is 24.0 Å². The molecule has 0 aliphatic carbocycles. The molecule has 0 aliphatic heterocycles. The Kier molecular flexibility index (Phi) is 7.45. The molecular formula is C20H21N3O7. The van der Waals surface area contributed by atoms with Crippen molar-refractivity contribution in [2.24, 2.45) is 0 Å². The number of benzene rings is 2. The molecular weight excluding hydrogens is 394 g/mol. The first-order valence-corrected chi connectivity index (χ1v) is 8.84. The molecule has 2 aromatic rings. The van der Waals surface area contributed by atoms with Crippen molar-refractivity contribution < 1.29 is 28.8 Å². The fourth-order valence-corrected chi connectivity index (χ4v) is 2.42. The van der Waals surface area contributed by atoms with Gasteiger partial charge in [0.05, 0.1) is 23.8 Å². The van der Waals surface area contributed by atoms with Gasteiger partial charge in [-0.1, -0.05) is 6.07 Å². The van der Waals surface area contributed by atoms with Crippen molar-refractivity contribution in [3.63, 3.8) is 0 Å². The molecule has 0 aromatic heterocycles. The van der Waals surface area contributed by atoms with Crippen LogP contribution in [0.3, 0.4) is 0 Å². The average molecular weight is 415 g/mol. The summed E-state index contributed by atoms with van der Waals surface area (Å²) in [5.74, 6) is -1.81. The summed E-state index contributed by atoms with van der Waals surface area (Å²) in [7, 11) is 1.30. The van der Waals surface area contributed by atoms with Crippen molar-refractivity contribution in [3.8, 4) is 5.75 Å². The molecule has 2 amide bonds. The highest BCUT2D eigenvalue weighted by Gasteiger charge is 2.15. The Labute approximate surface area is 172 Å². The first kappa shape index (κ1) is 22.3. The first-order valence-electron chi connectivity index (χ1n) is 8.84. The Bertz CT molecular complexity index is 988. The van der Waals surface area contributed by atoms with Crippen molar-refractivity contribution in [2.45, 2.75) is 13.8 Å². The number of nitro benzene ring substituents is 1. The summed E-state index contributed by atoms with van der Waals surface area (Å²) in [6.07, 6.45) is 0. The van der Waals surface area contributed by atoms with Crippen molar-refractivity contribution in [1.29, 1.82) is 0 Å². The van der Waals surface area contributed by atoms with Crippen LogP contribution in [-0.4, -0.2) is 43.0 Å². The van der Waals surface area contributed by atoms with Crippen LogP contribution in [0.5, 0.6) is 5.75 Å². The van der Waals surface area contributed by atoms with E-state index in [1.54, 1.807) is 18.2 Å². The highest BCUT2D eigenvalue weighted by Crippen LogP contribution is 2.28. The third kappa shape index (κ3) is 6.03. The molecule has 0 saturated heterocycles. The number of carbonyl (C=O) groups excluding carboxylic acids is 3. The van der Waals surface area contributed by atoms with Crippen LogP contribution in [0.25, 0.3) is 0 Å². The number of amides is 2. The third-order valence-electron chi connectivity index (χ3n) is 4.20. The maximum atomic E-state index is 12.1. The number of carbonyl (C=O) groups is 3. The minimum Gasteiger partial charge on any atom is -0.494 e. The number of rotatable bonds is 8.